The molecule has 0 spiro atoms. The first-order valence-corrected chi connectivity index (χ1v) is 8.90. The van der Waals surface area contributed by atoms with Crippen LogP contribution in [0, 0.1) is 12.8 Å². The molecule has 3 rings (SSSR count). The Morgan fingerprint density at radius 2 is 1.95 bits per heavy atom. The van der Waals surface area contributed by atoms with Crippen molar-refractivity contribution in [3.05, 3.63) is 17.7 Å². The average Bonchev–Trinajstić information content (AvgIpc) is 3.13. The molecule has 1 aromatic rings. The first kappa shape index (κ1) is 15.6. The summed E-state index contributed by atoms with van der Waals surface area (Å²) in [5.74, 6) is 2.27. The number of rotatable bonds is 3. The van der Waals surface area contributed by atoms with E-state index in [4.69, 9.17) is 0 Å². The first-order chi connectivity index (χ1) is 10.6. The number of carbonyl (C=O) groups excluding carboxylic acids is 1. The second-order valence-corrected chi connectivity index (χ2v) is 7.33. The van der Waals surface area contributed by atoms with Crippen LogP contribution >= 0.6 is 0 Å². The Bertz CT molecular complexity index is 528. The number of hydrogen-bond donors (Lipinski definition) is 0. The van der Waals surface area contributed by atoms with Crippen molar-refractivity contribution in [3.8, 4) is 0 Å². The lowest BCUT2D eigenvalue weighted by atomic mass is 9.88. The van der Waals surface area contributed by atoms with Gasteiger partial charge in [0.05, 0.1) is 0 Å². The molecule has 2 aliphatic rings. The predicted molar refractivity (Wildman–Crippen MR) is 87.9 cm³/mol. The number of nitrogens with zero attached hydrogens (tertiary/aromatic N) is 3. The third-order valence-corrected chi connectivity index (χ3v) is 5.35. The molecule has 4 nitrogen and oxygen atoms in total. The largest absolute Gasteiger partial charge is 0.342 e. The minimum absolute atomic E-state index is 0.291. The average molecular weight is 303 g/mol. The van der Waals surface area contributed by atoms with Crippen LogP contribution in [0.2, 0.25) is 0 Å². The molecule has 0 bridgehead atoms. The smallest absolute Gasteiger partial charge is 0.225 e. The molecule has 1 saturated carbocycles. The molecule has 1 aromatic heterocycles. The number of aromatic nitrogens is 2. The summed E-state index contributed by atoms with van der Waals surface area (Å²) in [7, 11) is 0. The van der Waals surface area contributed by atoms with Crippen molar-refractivity contribution in [1.82, 2.24) is 14.5 Å². The summed E-state index contributed by atoms with van der Waals surface area (Å²) >= 11 is 0. The second-order valence-electron chi connectivity index (χ2n) is 7.33. The molecule has 1 saturated heterocycles. The zero-order valence-corrected chi connectivity index (χ0v) is 14.2. The van der Waals surface area contributed by atoms with Gasteiger partial charge in [-0.15, -0.1) is 0 Å². The van der Waals surface area contributed by atoms with Gasteiger partial charge in [0.15, 0.2) is 0 Å². The molecule has 22 heavy (non-hydrogen) atoms. The molecular weight excluding hydrogens is 274 g/mol. The summed E-state index contributed by atoms with van der Waals surface area (Å²) < 4.78 is 2.33. The fraction of sp³-hybridized carbons (Fsp3) is 0.778. The summed E-state index contributed by atoms with van der Waals surface area (Å²) in [5, 5.41) is 0. The van der Waals surface area contributed by atoms with E-state index in [0.717, 1.165) is 32.4 Å². The van der Waals surface area contributed by atoms with E-state index in [1.807, 2.05) is 6.20 Å². The number of carbonyl (C=O) groups is 1. The van der Waals surface area contributed by atoms with Crippen LogP contribution in [-0.2, 0) is 4.79 Å². The minimum atomic E-state index is 0.291. The van der Waals surface area contributed by atoms with E-state index in [1.165, 1.54) is 30.8 Å². The van der Waals surface area contributed by atoms with E-state index < -0.39 is 0 Å². The van der Waals surface area contributed by atoms with Crippen LogP contribution in [-0.4, -0.2) is 33.4 Å². The molecule has 1 unspecified atom stereocenters. The summed E-state index contributed by atoms with van der Waals surface area (Å²) in [4.78, 5) is 19.5. The SMILES string of the molecule is Cc1cnc(C2CCN(C(=O)C3CCCCC3)C2)n1C(C)C. The highest BCUT2D eigenvalue weighted by atomic mass is 16.2. The van der Waals surface area contributed by atoms with Gasteiger partial charge in [-0.3, -0.25) is 4.79 Å². The molecule has 122 valence electrons. The summed E-state index contributed by atoms with van der Waals surface area (Å²) in [5.41, 5.74) is 1.22. The zero-order valence-electron chi connectivity index (χ0n) is 14.2. The van der Waals surface area contributed by atoms with Crippen molar-refractivity contribution in [1.29, 1.82) is 0 Å². The number of hydrogen-bond acceptors (Lipinski definition) is 2. The number of imidazole rings is 1. The Hall–Kier alpha value is -1.32. The molecule has 1 amide bonds. The standard InChI is InChI=1S/C18H29N3O/c1-13(2)21-14(3)11-19-17(21)16-9-10-20(12-16)18(22)15-7-5-4-6-8-15/h11,13,15-16H,4-10,12H2,1-3H3. The topological polar surface area (TPSA) is 38.1 Å². The minimum Gasteiger partial charge on any atom is -0.342 e. The maximum absolute atomic E-state index is 12.7. The molecule has 1 aliphatic carbocycles. The lowest BCUT2D eigenvalue weighted by molar-refractivity contribution is -0.135. The van der Waals surface area contributed by atoms with Gasteiger partial charge in [-0.2, -0.15) is 0 Å². The van der Waals surface area contributed by atoms with Crippen molar-refractivity contribution >= 4 is 5.91 Å². The molecule has 0 N–H and O–H groups in total. The van der Waals surface area contributed by atoms with Crippen molar-refractivity contribution in [3.63, 3.8) is 0 Å². The lowest BCUT2D eigenvalue weighted by Crippen LogP contribution is -2.35. The molecule has 2 heterocycles. The van der Waals surface area contributed by atoms with Crippen LogP contribution in [0.25, 0.3) is 0 Å². The highest BCUT2D eigenvalue weighted by molar-refractivity contribution is 5.79. The Balaban J connectivity index is 1.68. The summed E-state index contributed by atoms with van der Waals surface area (Å²) in [6.45, 7) is 8.30. The first-order valence-electron chi connectivity index (χ1n) is 8.90. The molecule has 0 aromatic carbocycles. The van der Waals surface area contributed by atoms with E-state index in [1.54, 1.807) is 0 Å². The van der Waals surface area contributed by atoms with Crippen molar-refractivity contribution in [2.45, 2.75) is 71.3 Å². The van der Waals surface area contributed by atoms with Crippen LogP contribution in [0.15, 0.2) is 6.20 Å². The van der Waals surface area contributed by atoms with Crippen LogP contribution in [0.3, 0.4) is 0 Å². The summed E-state index contributed by atoms with van der Waals surface area (Å²) in [6, 6.07) is 0.431. The molecule has 0 radical (unpaired) electrons. The van der Waals surface area contributed by atoms with Gasteiger partial charge in [-0.05, 0) is 40.0 Å². The summed E-state index contributed by atoms with van der Waals surface area (Å²) in [6.07, 6.45) is 8.98. The van der Waals surface area contributed by atoms with Gasteiger partial charge in [0.25, 0.3) is 0 Å². The van der Waals surface area contributed by atoms with E-state index in [0.29, 0.717) is 23.8 Å². The van der Waals surface area contributed by atoms with E-state index in [9.17, 15) is 4.79 Å². The van der Waals surface area contributed by atoms with Gasteiger partial charge in [0, 0.05) is 42.9 Å². The Morgan fingerprint density at radius 1 is 1.23 bits per heavy atom. The van der Waals surface area contributed by atoms with Crippen LogP contribution in [0.4, 0.5) is 0 Å². The molecule has 1 aliphatic heterocycles. The maximum Gasteiger partial charge on any atom is 0.225 e. The van der Waals surface area contributed by atoms with Crippen molar-refractivity contribution < 1.29 is 4.79 Å². The fourth-order valence-electron chi connectivity index (χ4n) is 4.22. The predicted octanol–water partition coefficient (Wildman–Crippen LogP) is 3.67. The van der Waals surface area contributed by atoms with Gasteiger partial charge in [0.1, 0.15) is 5.82 Å². The second kappa shape index (κ2) is 6.43. The van der Waals surface area contributed by atoms with Gasteiger partial charge >= 0.3 is 0 Å². The van der Waals surface area contributed by atoms with E-state index >= 15 is 0 Å². The maximum atomic E-state index is 12.7. The Morgan fingerprint density at radius 3 is 2.64 bits per heavy atom. The Kier molecular flexibility index (Phi) is 4.55. The molecular formula is C18H29N3O. The third-order valence-electron chi connectivity index (χ3n) is 5.35. The number of likely N-dealkylation sites (tertiary alicyclic amines) is 1. The van der Waals surface area contributed by atoms with Crippen molar-refractivity contribution in [2.24, 2.45) is 5.92 Å². The highest BCUT2D eigenvalue weighted by Gasteiger charge is 2.34. The number of aryl methyl sites for hydroxylation is 1. The van der Waals surface area contributed by atoms with Gasteiger partial charge in [0.2, 0.25) is 5.91 Å². The monoisotopic (exact) mass is 303 g/mol. The number of amides is 1. The third kappa shape index (κ3) is 2.92. The normalized spacial score (nSPS) is 23.5. The van der Waals surface area contributed by atoms with Gasteiger partial charge in [-0.25, -0.2) is 4.98 Å². The van der Waals surface area contributed by atoms with E-state index in [2.05, 4.69) is 35.2 Å². The van der Waals surface area contributed by atoms with Crippen molar-refractivity contribution in [2.75, 3.05) is 13.1 Å². The van der Waals surface area contributed by atoms with Crippen LogP contribution in [0.5, 0.6) is 0 Å². The highest BCUT2D eigenvalue weighted by Crippen LogP contribution is 2.32. The Labute approximate surface area is 133 Å². The van der Waals surface area contributed by atoms with Gasteiger partial charge in [-0.1, -0.05) is 19.3 Å². The van der Waals surface area contributed by atoms with Crippen LogP contribution in [0.1, 0.15) is 75.9 Å². The molecule has 4 heteroatoms. The van der Waals surface area contributed by atoms with Gasteiger partial charge < -0.3 is 9.47 Å². The van der Waals surface area contributed by atoms with E-state index in [-0.39, 0.29) is 0 Å². The molecule has 2 fully saturated rings. The quantitative estimate of drug-likeness (QED) is 0.854. The van der Waals surface area contributed by atoms with Crippen LogP contribution < -0.4 is 0 Å². The zero-order chi connectivity index (χ0) is 15.7. The lowest BCUT2D eigenvalue weighted by Gasteiger charge is -2.26. The molecule has 1 atom stereocenters. The fourth-order valence-corrected chi connectivity index (χ4v) is 4.22.